The van der Waals surface area contributed by atoms with Gasteiger partial charge in [-0.05, 0) is 24.8 Å². The maximum atomic E-state index is 4.43. The van der Waals surface area contributed by atoms with Crippen LogP contribution in [0.2, 0.25) is 0 Å². The molecule has 2 fully saturated rings. The van der Waals surface area contributed by atoms with Crippen molar-refractivity contribution in [2.75, 3.05) is 26.2 Å². The Kier molecular flexibility index (Phi) is 3.98. The minimum atomic E-state index is 0.824. The van der Waals surface area contributed by atoms with Gasteiger partial charge in [0.2, 0.25) is 0 Å². The maximum absolute atomic E-state index is 4.43. The molecule has 2 aromatic rings. The predicted octanol–water partition coefficient (Wildman–Crippen LogP) is 1.83. The molecule has 0 spiro atoms. The van der Waals surface area contributed by atoms with Crippen LogP contribution in [-0.2, 0) is 20.1 Å². The zero-order valence-electron chi connectivity index (χ0n) is 13.1. The van der Waals surface area contributed by atoms with Gasteiger partial charge in [0, 0.05) is 56.6 Å². The zero-order chi connectivity index (χ0) is 14.9. The number of rotatable bonds is 4. The van der Waals surface area contributed by atoms with Crippen molar-refractivity contribution < 1.29 is 0 Å². The van der Waals surface area contributed by atoms with E-state index >= 15 is 0 Å². The molecule has 0 aromatic carbocycles. The van der Waals surface area contributed by atoms with Crippen molar-refractivity contribution in [1.29, 1.82) is 0 Å². The molecule has 0 saturated carbocycles. The van der Waals surface area contributed by atoms with Crippen LogP contribution in [0.3, 0.4) is 0 Å². The molecule has 2 aliphatic rings. The highest BCUT2D eigenvalue weighted by Gasteiger charge is 2.37. The minimum absolute atomic E-state index is 0.824. The van der Waals surface area contributed by atoms with E-state index in [9.17, 15) is 0 Å². The van der Waals surface area contributed by atoms with Crippen LogP contribution in [0, 0.1) is 11.8 Å². The van der Waals surface area contributed by atoms with Crippen molar-refractivity contribution in [2.24, 2.45) is 18.9 Å². The molecule has 4 rings (SSSR count). The molecule has 22 heavy (non-hydrogen) atoms. The number of piperidine rings is 1. The van der Waals surface area contributed by atoms with E-state index in [1.807, 2.05) is 24.1 Å². The second-order valence-electron chi connectivity index (χ2n) is 6.69. The third-order valence-corrected chi connectivity index (χ3v) is 5.73. The number of thiazole rings is 1. The van der Waals surface area contributed by atoms with Gasteiger partial charge in [-0.15, -0.1) is 11.3 Å². The van der Waals surface area contributed by atoms with Gasteiger partial charge < -0.3 is 0 Å². The van der Waals surface area contributed by atoms with Crippen molar-refractivity contribution in [1.82, 2.24) is 24.6 Å². The van der Waals surface area contributed by atoms with E-state index in [0.717, 1.165) is 24.9 Å². The Morgan fingerprint density at radius 1 is 1.18 bits per heavy atom. The summed E-state index contributed by atoms with van der Waals surface area (Å²) < 4.78 is 1.90. The number of nitrogens with zero attached hydrogens (tertiary/aromatic N) is 5. The molecule has 0 aliphatic carbocycles. The average Bonchev–Trinajstić information content (AvgIpc) is 3.20. The van der Waals surface area contributed by atoms with Crippen molar-refractivity contribution >= 4 is 11.3 Å². The summed E-state index contributed by atoms with van der Waals surface area (Å²) >= 11 is 1.78. The molecular formula is C16H23N5S. The molecule has 0 amide bonds. The van der Waals surface area contributed by atoms with E-state index < -0.39 is 0 Å². The van der Waals surface area contributed by atoms with E-state index in [1.54, 1.807) is 11.3 Å². The van der Waals surface area contributed by atoms with Gasteiger partial charge in [0.1, 0.15) is 5.01 Å². The fourth-order valence-electron chi connectivity index (χ4n) is 3.95. The minimum Gasteiger partial charge on any atom is -0.299 e. The largest absolute Gasteiger partial charge is 0.299 e. The second-order valence-corrected chi connectivity index (χ2v) is 7.67. The lowest BCUT2D eigenvalue weighted by atomic mass is 9.88. The summed E-state index contributed by atoms with van der Waals surface area (Å²) in [6.45, 7) is 7.02. The monoisotopic (exact) mass is 317 g/mol. The first-order valence-electron chi connectivity index (χ1n) is 8.07. The molecule has 0 N–H and O–H groups in total. The van der Waals surface area contributed by atoms with E-state index in [4.69, 9.17) is 0 Å². The van der Waals surface area contributed by atoms with Gasteiger partial charge in [-0.1, -0.05) is 0 Å². The van der Waals surface area contributed by atoms with Crippen LogP contribution in [0.1, 0.15) is 17.0 Å². The highest BCUT2D eigenvalue weighted by molar-refractivity contribution is 7.09. The molecule has 0 radical (unpaired) electrons. The lowest BCUT2D eigenvalue weighted by Gasteiger charge is -2.34. The number of likely N-dealkylation sites (tertiary alicyclic amines) is 2. The summed E-state index contributed by atoms with van der Waals surface area (Å²) in [6, 6.07) is 0. The van der Waals surface area contributed by atoms with Gasteiger partial charge in [-0.25, -0.2) is 4.98 Å². The first kappa shape index (κ1) is 14.4. The van der Waals surface area contributed by atoms with Crippen molar-refractivity contribution in [2.45, 2.75) is 19.5 Å². The molecule has 6 heteroatoms. The summed E-state index contributed by atoms with van der Waals surface area (Å²) in [5.41, 5.74) is 1.33. The fourth-order valence-corrected chi connectivity index (χ4v) is 4.61. The zero-order valence-corrected chi connectivity index (χ0v) is 13.9. The molecule has 2 aliphatic heterocycles. The van der Waals surface area contributed by atoms with E-state index in [2.05, 4.69) is 31.5 Å². The Bertz CT molecular complexity index is 608. The second kappa shape index (κ2) is 6.10. The van der Waals surface area contributed by atoms with Crippen LogP contribution in [0.5, 0.6) is 0 Å². The summed E-state index contributed by atoms with van der Waals surface area (Å²) in [6.07, 6.45) is 7.38. The number of aromatic nitrogens is 3. The van der Waals surface area contributed by atoms with E-state index in [1.165, 1.54) is 43.2 Å². The van der Waals surface area contributed by atoms with Crippen LogP contribution in [0.4, 0.5) is 0 Å². The average molecular weight is 317 g/mol. The molecule has 2 saturated heterocycles. The van der Waals surface area contributed by atoms with Gasteiger partial charge in [0.25, 0.3) is 0 Å². The van der Waals surface area contributed by atoms with Crippen LogP contribution in [0.15, 0.2) is 24.0 Å². The van der Waals surface area contributed by atoms with Gasteiger partial charge in [0.05, 0.1) is 12.7 Å². The molecule has 2 aromatic heterocycles. The Labute approximate surface area is 135 Å². The summed E-state index contributed by atoms with van der Waals surface area (Å²) in [5.74, 6) is 1.70. The number of aryl methyl sites for hydroxylation is 1. The summed E-state index contributed by atoms with van der Waals surface area (Å²) in [5, 5.41) is 7.61. The number of hydrogen-bond donors (Lipinski definition) is 0. The Morgan fingerprint density at radius 3 is 2.82 bits per heavy atom. The molecular weight excluding hydrogens is 294 g/mol. The van der Waals surface area contributed by atoms with E-state index in [-0.39, 0.29) is 0 Å². The standard InChI is InChI=1S/C16H23N5S/c1-19-7-13(6-18-19)8-20-4-2-14-9-21(11-15(14)10-20)12-16-17-3-5-22-16/h3,5-7,14-15H,2,4,8-12H2,1H3/t14-,15+/m1/s1. The highest BCUT2D eigenvalue weighted by atomic mass is 32.1. The molecule has 5 nitrogen and oxygen atoms in total. The lowest BCUT2D eigenvalue weighted by molar-refractivity contribution is 0.142. The third kappa shape index (κ3) is 3.09. The van der Waals surface area contributed by atoms with Gasteiger partial charge >= 0.3 is 0 Å². The smallest absolute Gasteiger partial charge is 0.107 e. The van der Waals surface area contributed by atoms with Gasteiger partial charge in [-0.2, -0.15) is 5.10 Å². The summed E-state index contributed by atoms with van der Waals surface area (Å²) in [4.78, 5) is 9.63. The maximum Gasteiger partial charge on any atom is 0.107 e. The fraction of sp³-hybridized carbons (Fsp3) is 0.625. The lowest BCUT2D eigenvalue weighted by Crippen LogP contribution is -2.39. The van der Waals surface area contributed by atoms with Crippen molar-refractivity contribution in [3.8, 4) is 0 Å². The van der Waals surface area contributed by atoms with Gasteiger partial charge in [0.15, 0.2) is 0 Å². The Balaban J connectivity index is 1.33. The summed E-state index contributed by atoms with van der Waals surface area (Å²) in [7, 11) is 1.99. The van der Waals surface area contributed by atoms with Crippen LogP contribution >= 0.6 is 11.3 Å². The first-order chi connectivity index (χ1) is 10.8. The molecule has 0 bridgehead atoms. The molecule has 4 heterocycles. The molecule has 0 unspecified atom stereocenters. The van der Waals surface area contributed by atoms with Gasteiger partial charge in [-0.3, -0.25) is 14.5 Å². The normalized spacial score (nSPS) is 26.4. The SMILES string of the molecule is Cn1cc(CN2CC[C@@H]3CN(Cc4nccs4)C[C@@H]3C2)cn1. The Hall–Kier alpha value is -1.24. The van der Waals surface area contributed by atoms with Crippen LogP contribution < -0.4 is 0 Å². The highest BCUT2D eigenvalue weighted by Crippen LogP contribution is 2.32. The molecule has 2 atom stereocenters. The number of hydrogen-bond acceptors (Lipinski definition) is 5. The van der Waals surface area contributed by atoms with Crippen LogP contribution in [-0.4, -0.2) is 50.7 Å². The Morgan fingerprint density at radius 2 is 2.05 bits per heavy atom. The third-order valence-electron chi connectivity index (χ3n) is 4.97. The van der Waals surface area contributed by atoms with Crippen LogP contribution in [0.25, 0.3) is 0 Å². The van der Waals surface area contributed by atoms with E-state index in [0.29, 0.717) is 0 Å². The van der Waals surface area contributed by atoms with Crippen molar-refractivity contribution in [3.05, 3.63) is 34.5 Å². The number of fused-ring (bicyclic) bond motifs is 1. The quantitative estimate of drug-likeness (QED) is 0.862. The molecule has 118 valence electrons. The topological polar surface area (TPSA) is 37.2 Å². The predicted molar refractivity (Wildman–Crippen MR) is 87.5 cm³/mol. The van der Waals surface area contributed by atoms with Crippen molar-refractivity contribution in [3.63, 3.8) is 0 Å². The first-order valence-corrected chi connectivity index (χ1v) is 8.95.